The maximum Gasteiger partial charge on any atom is 0.212 e. The van der Waals surface area contributed by atoms with Crippen LogP contribution in [0.15, 0.2) is 16.6 Å². The van der Waals surface area contributed by atoms with Crippen LogP contribution in [0, 0.1) is 0 Å². The molecule has 0 aromatic heterocycles. The predicted octanol–water partition coefficient (Wildman–Crippen LogP) is 1.25. The van der Waals surface area contributed by atoms with E-state index in [1.807, 2.05) is 12.1 Å². The smallest absolute Gasteiger partial charge is 0.212 e. The van der Waals surface area contributed by atoms with Gasteiger partial charge in [0, 0.05) is 19.5 Å². The maximum atomic E-state index is 11.3. The minimum absolute atomic E-state index is 0.0508. The fourth-order valence-corrected chi connectivity index (χ4v) is 3.15. The largest absolute Gasteiger partial charge is 0.490 e. The molecular weight excluding hydrogens is 360 g/mol. The highest BCUT2D eigenvalue weighted by Gasteiger charge is 2.15. The Morgan fingerprint density at radius 2 is 2.05 bits per heavy atom. The molecule has 6 nitrogen and oxygen atoms in total. The first kappa shape index (κ1) is 16.5. The van der Waals surface area contributed by atoms with Gasteiger partial charge in [-0.05, 0) is 40.7 Å². The Balaban J connectivity index is 1.95. The van der Waals surface area contributed by atoms with Crippen molar-refractivity contribution >= 4 is 26.0 Å². The van der Waals surface area contributed by atoms with Crippen LogP contribution in [0.1, 0.15) is 12.0 Å². The van der Waals surface area contributed by atoms with Gasteiger partial charge in [0.25, 0.3) is 0 Å². The topological polar surface area (TPSA) is 76.7 Å². The molecule has 2 rings (SSSR count). The summed E-state index contributed by atoms with van der Waals surface area (Å²) in [5, 5.41) is 3.11. The van der Waals surface area contributed by atoms with Gasteiger partial charge < -0.3 is 14.8 Å². The summed E-state index contributed by atoms with van der Waals surface area (Å²) < 4.78 is 37.0. The molecule has 1 aromatic rings. The van der Waals surface area contributed by atoms with Gasteiger partial charge in [-0.15, -0.1) is 0 Å². The predicted molar refractivity (Wildman–Crippen MR) is 84.3 cm³/mol. The lowest BCUT2D eigenvalue weighted by Gasteiger charge is -2.12. The molecule has 0 spiro atoms. The van der Waals surface area contributed by atoms with Crippen molar-refractivity contribution in [3.8, 4) is 11.5 Å². The lowest BCUT2D eigenvalue weighted by atomic mass is 10.2. The first-order valence-corrected chi connectivity index (χ1v) is 9.16. The third-order valence-corrected chi connectivity index (χ3v) is 5.00. The number of nitrogens with one attached hydrogen (secondary N) is 2. The number of hydrogen-bond acceptors (Lipinski definition) is 5. The van der Waals surface area contributed by atoms with E-state index in [0.29, 0.717) is 26.3 Å². The molecule has 2 N–H and O–H groups in total. The summed E-state index contributed by atoms with van der Waals surface area (Å²) in [5.41, 5.74) is 1.01. The molecular formula is C13H19BrN2O4S. The standard InChI is InChI=1S/C13H19BrN2O4S/c1-15-21(17,18)6-3-16-9-10-7-11(14)13-12(8-10)19-4-2-5-20-13/h7-8,15-16H,2-6,9H2,1H3. The van der Waals surface area contributed by atoms with Crippen molar-refractivity contribution in [3.63, 3.8) is 0 Å². The van der Waals surface area contributed by atoms with Crippen LogP contribution in [-0.2, 0) is 16.6 Å². The molecule has 1 aromatic carbocycles. The van der Waals surface area contributed by atoms with Crippen molar-refractivity contribution in [2.24, 2.45) is 0 Å². The number of fused-ring (bicyclic) bond motifs is 1. The second-order valence-electron chi connectivity index (χ2n) is 4.66. The lowest BCUT2D eigenvalue weighted by molar-refractivity contribution is 0.296. The Kier molecular flexibility index (Phi) is 5.86. The molecule has 8 heteroatoms. The second kappa shape index (κ2) is 7.44. The molecule has 118 valence electrons. The molecule has 1 aliphatic heterocycles. The van der Waals surface area contributed by atoms with Gasteiger partial charge in [0.15, 0.2) is 11.5 Å². The number of rotatable bonds is 6. The van der Waals surface area contributed by atoms with Crippen LogP contribution in [-0.4, -0.2) is 41.0 Å². The highest BCUT2D eigenvalue weighted by Crippen LogP contribution is 2.38. The Bertz CT molecular complexity index is 592. The number of sulfonamides is 1. The second-order valence-corrected chi connectivity index (χ2v) is 7.56. The van der Waals surface area contributed by atoms with E-state index in [0.717, 1.165) is 28.0 Å². The van der Waals surface area contributed by atoms with Crippen LogP contribution >= 0.6 is 15.9 Å². The zero-order valence-electron chi connectivity index (χ0n) is 11.8. The zero-order valence-corrected chi connectivity index (χ0v) is 14.2. The third-order valence-electron chi connectivity index (χ3n) is 3.05. The van der Waals surface area contributed by atoms with E-state index < -0.39 is 10.0 Å². The molecule has 0 radical (unpaired) electrons. The lowest BCUT2D eigenvalue weighted by Crippen LogP contribution is -2.29. The molecule has 0 aliphatic carbocycles. The van der Waals surface area contributed by atoms with Crippen molar-refractivity contribution in [3.05, 3.63) is 22.2 Å². The van der Waals surface area contributed by atoms with E-state index in [9.17, 15) is 8.42 Å². The van der Waals surface area contributed by atoms with Gasteiger partial charge in [-0.1, -0.05) is 0 Å². The SMILES string of the molecule is CNS(=O)(=O)CCNCc1cc(Br)c2c(c1)OCCCO2. The third kappa shape index (κ3) is 4.84. The minimum Gasteiger partial charge on any atom is -0.490 e. The van der Waals surface area contributed by atoms with E-state index in [2.05, 4.69) is 26.0 Å². The monoisotopic (exact) mass is 378 g/mol. The summed E-state index contributed by atoms with van der Waals surface area (Å²) in [6, 6.07) is 3.87. The van der Waals surface area contributed by atoms with E-state index in [4.69, 9.17) is 9.47 Å². The first-order valence-electron chi connectivity index (χ1n) is 6.72. The van der Waals surface area contributed by atoms with Crippen molar-refractivity contribution in [2.75, 3.05) is 32.6 Å². The Hall–Kier alpha value is -0.830. The molecule has 0 bridgehead atoms. The van der Waals surface area contributed by atoms with Gasteiger partial charge in [0.1, 0.15) is 0 Å². The van der Waals surface area contributed by atoms with E-state index in [1.165, 1.54) is 7.05 Å². The molecule has 0 unspecified atom stereocenters. The summed E-state index contributed by atoms with van der Waals surface area (Å²) in [7, 11) is -1.75. The summed E-state index contributed by atoms with van der Waals surface area (Å²) in [5.74, 6) is 1.51. The van der Waals surface area contributed by atoms with E-state index in [1.54, 1.807) is 0 Å². The van der Waals surface area contributed by atoms with E-state index in [-0.39, 0.29) is 5.75 Å². The normalized spacial score (nSPS) is 14.8. The minimum atomic E-state index is -3.17. The number of halogens is 1. The van der Waals surface area contributed by atoms with E-state index >= 15 is 0 Å². The molecule has 0 amide bonds. The summed E-state index contributed by atoms with van der Waals surface area (Å²) in [6.07, 6.45) is 0.858. The molecule has 21 heavy (non-hydrogen) atoms. The highest BCUT2D eigenvalue weighted by molar-refractivity contribution is 9.10. The number of hydrogen-bond donors (Lipinski definition) is 2. The quantitative estimate of drug-likeness (QED) is 0.728. The summed E-state index contributed by atoms with van der Waals surface area (Å²) in [4.78, 5) is 0. The Morgan fingerprint density at radius 3 is 2.81 bits per heavy atom. The summed E-state index contributed by atoms with van der Waals surface area (Å²) in [6.45, 7) is 2.23. The van der Waals surface area contributed by atoms with Crippen LogP contribution in [0.4, 0.5) is 0 Å². The van der Waals surface area contributed by atoms with Crippen LogP contribution in [0.5, 0.6) is 11.5 Å². The van der Waals surface area contributed by atoms with Gasteiger partial charge in [0.05, 0.1) is 23.4 Å². The van der Waals surface area contributed by atoms with Crippen molar-refractivity contribution in [1.82, 2.24) is 10.0 Å². The van der Waals surface area contributed by atoms with Crippen LogP contribution < -0.4 is 19.5 Å². The van der Waals surface area contributed by atoms with Crippen LogP contribution in [0.25, 0.3) is 0 Å². The first-order chi connectivity index (χ1) is 10.0. The fraction of sp³-hybridized carbons (Fsp3) is 0.538. The van der Waals surface area contributed by atoms with Crippen molar-refractivity contribution in [1.29, 1.82) is 0 Å². The van der Waals surface area contributed by atoms with Gasteiger partial charge in [-0.3, -0.25) is 0 Å². The molecule has 0 fully saturated rings. The number of benzene rings is 1. The average Bonchev–Trinajstić information content (AvgIpc) is 2.69. The zero-order chi connectivity index (χ0) is 15.3. The molecule has 0 saturated carbocycles. The van der Waals surface area contributed by atoms with Crippen LogP contribution in [0.2, 0.25) is 0 Å². The van der Waals surface area contributed by atoms with Gasteiger partial charge in [0.2, 0.25) is 10.0 Å². The summed E-state index contributed by atoms with van der Waals surface area (Å²) >= 11 is 3.48. The molecule has 1 aliphatic rings. The Morgan fingerprint density at radius 1 is 1.29 bits per heavy atom. The molecule has 0 atom stereocenters. The average molecular weight is 379 g/mol. The van der Waals surface area contributed by atoms with Crippen molar-refractivity contribution < 1.29 is 17.9 Å². The number of ether oxygens (including phenoxy) is 2. The Labute approximate surface area is 133 Å². The van der Waals surface area contributed by atoms with Crippen LogP contribution in [0.3, 0.4) is 0 Å². The molecule has 1 heterocycles. The fourth-order valence-electron chi connectivity index (χ4n) is 1.93. The maximum absolute atomic E-state index is 11.3. The van der Waals surface area contributed by atoms with Gasteiger partial charge >= 0.3 is 0 Å². The van der Waals surface area contributed by atoms with Crippen molar-refractivity contribution in [2.45, 2.75) is 13.0 Å². The highest BCUT2D eigenvalue weighted by atomic mass is 79.9. The van der Waals surface area contributed by atoms with Gasteiger partial charge in [-0.25, -0.2) is 13.1 Å². The van der Waals surface area contributed by atoms with Gasteiger partial charge in [-0.2, -0.15) is 0 Å². The molecule has 0 saturated heterocycles.